The Hall–Kier alpha value is -1.61. The summed E-state index contributed by atoms with van der Waals surface area (Å²) in [7, 11) is 4.16. The Labute approximate surface area is 289 Å². The molecule has 0 aromatic carbocycles. The second-order valence-electron chi connectivity index (χ2n) is 13.9. The molecule has 3 nitrogen and oxygen atoms in total. The quantitative estimate of drug-likeness (QED) is 0.0552. The number of amides is 1. The van der Waals surface area contributed by atoms with Crippen LogP contribution in [0.2, 0.25) is 0 Å². The first kappa shape index (κ1) is 44.4. The molecule has 0 radical (unpaired) electrons. The second kappa shape index (κ2) is 37.8. The average Bonchev–Trinajstić information content (AvgIpc) is 3.04. The summed E-state index contributed by atoms with van der Waals surface area (Å²) in [6.45, 7) is 5.51. The van der Waals surface area contributed by atoms with Gasteiger partial charge in [0.05, 0.1) is 0 Å². The predicted octanol–water partition coefficient (Wildman–Crippen LogP) is 13.2. The summed E-state index contributed by atoms with van der Waals surface area (Å²) in [6.07, 6.45) is 53.5. The van der Waals surface area contributed by atoms with Crippen molar-refractivity contribution >= 4 is 5.91 Å². The van der Waals surface area contributed by atoms with E-state index in [-0.39, 0.29) is 5.91 Å². The van der Waals surface area contributed by atoms with Crippen LogP contribution in [0, 0.1) is 0 Å². The van der Waals surface area contributed by atoms with Crippen molar-refractivity contribution in [3.05, 3.63) is 48.6 Å². The number of nitrogens with one attached hydrogen (secondary N) is 1. The molecule has 0 spiro atoms. The molecule has 0 saturated heterocycles. The van der Waals surface area contributed by atoms with Crippen molar-refractivity contribution in [3.8, 4) is 0 Å². The summed E-state index contributed by atoms with van der Waals surface area (Å²) >= 11 is 0. The highest BCUT2D eigenvalue weighted by molar-refractivity contribution is 5.76. The Kier molecular flexibility index (Phi) is 36.5. The Bertz CT molecular complexity index is 687. The summed E-state index contributed by atoms with van der Waals surface area (Å²) in [5, 5.41) is 3.41. The Morgan fingerprint density at radius 3 is 1.26 bits per heavy atom. The molecule has 1 N–H and O–H groups in total. The number of rotatable bonds is 35. The van der Waals surface area contributed by atoms with E-state index in [0.717, 1.165) is 38.6 Å². The minimum atomic E-state index is 0.256. The lowest BCUT2D eigenvalue weighted by Gasteiger charge is -2.19. The molecule has 3 heteroatoms. The van der Waals surface area contributed by atoms with Crippen molar-refractivity contribution in [1.82, 2.24) is 10.2 Å². The van der Waals surface area contributed by atoms with Crippen LogP contribution in [0.25, 0.3) is 0 Å². The number of hydrogen-bond donors (Lipinski definition) is 1. The highest BCUT2D eigenvalue weighted by Crippen LogP contribution is 2.16. The third-order valence-electron chi connectivity index (χ3n) is 8.88. The molecule has 0 aliphatic rings. The Morgan fingerprint density at radius 1 is 0.500 bits per heavy atom. The van der Waals surface area contributed by atoms with E-state index in [4.69, 9.17) is 0 Å². The van der Waals surface area contributed by atoms with Crippen LogP contribution in [0.3, 0.4) is 0 Å². The first-order valence-corrected chi connectivity index (χ1v) is 20.1. The van der Waals surface area contributed by atoms with Crippen molar-refractivity contribution in [2.75, 3.05) is 20.6 Å². The van der Waals surface area contributed by atoms with E-state index >= 15 is 0 Å². The van der Waals surface area contributed by atoms with Gasteiger partial charge in [-0.3, -0.25) is 4.79 Å². The fourth-order valence-electron chi connectivity index (χ4n) is 5.90. The van der Waals surface area contributed by atoms with Gasteiger partial charge in [0.25, 0.3) is 0 Å². The molecule has 0 aliphatic heterocycles. The molecule has 46 heavy (non-hydrogen) atoms. The second-order valence-corrected chi connectivity index (χ2v) is 13.9. The van der Waals surface area contributed by atoms with Gasteiger partial charge in [-0.05, 0) is 104 Å². The van der Waals surface area contributed by atoms with E-state index in [0.29, 0.717) is 12.5 Å². The number of unbranched alkanes of at least 4 members (excludes halogenated alkanes) is 18. The molecular formula is C43H80N2O. The number of nitrogens with zero attached hydrogens (tertiary/aromatic N) is 1. The van der Waals surface area contributed by atoms with E-state index in [9.17, 15) is 4.79 Å². The third-order valence-corrected chi connectivity index (χ3v) is 8.88. The Balaban J connectivity index is 4.01. The molecule has 0 rings (SSSR count). The molecular weight excluding hydrogens is 560 g/mol. The zero-order valence-electron chi connectivity index (χ0n) is 31.6. The van der Waals surface area contributed by atoms with Crippen LogP contribution in [0.4, 0.5) is 0 Å². The highest BCUT2D eigenvalue weighted by Gasteiger charge is 2.12. The lowest BCUT2D eigenvalue weighted by molar-refractivity contribution is -0.122. The molecule has 0 bridgehead atoms. The minimum Gasteiger partial charge on any atom is -0.353 e. The van der Waals surface area contributed by atoms with Crippen molar-refractivity contribution in [2.45, 2.75) is 200 Å². The number of carbonyl (C=O) groups excluding carboxylic acids is 1. The van der Waals surface area contributed by atoms with Gasteiger partial charge in [-0.1, -0.05) is 152 Å². The smallest absolute Gasteiger partial charge is 0.220 e. The summed E-state index contributed by atoms with van der Waals surface area (Å²) in [4.78, 5) is 14.8. The topological polar surface area (TPSA) is 32.3 Å². The summed E-state index contributed by atoms with van der Waals surface area (Å²) in [6, 6.07) is 0.364. The largest absolute Gasteiger partial charge is 0.353 e. The Morgan fingerprint density at radius 2 is 0.870 bits per heavy atom. The molecule has 0 atom stereocenters. The van der Waals surface area contributed by atoms with Gasteiger partial charge in [0.1, 0.15) is 0 Å². The van der Waals surface area contributed by atoms with Crippen LogP contribution >= 0.6 is 0 Å². The van der Waals surface area contributed by atoms with Gasteiger partial charge in [0.15, 0.2) is 0 Å². The van der Waals surface area contributed by atoms with Crippen LogP contribution in [0.1, 0.15) is 194 Å². The first-order valence-electron chi connectivity index (χ1n) is 20.1. The van der Waals surface area contributed by atoms with Crippen LogP contribution in [0.5, 0.6) is 0 Å². The molecule has 268 valence electrons. The van der Waals surface area contributed by atoms with Crippen molar-refractivity contribution in [3.63, 3.8) is 0 Å². The molecule has 0 aromatic rings. The van der Waals surface area contributed by atoms with Gasteiger partial charge in [0.2, 0.25) is 5.91 Å². The molecule has 0 aromatic heterocycles. The van der Waals surface area contributed by atoms with Crippen LogP contribution in [-0.4, -0.2) is 37.5 Å². The van der Waals surface area contributed by atoms with E-state index in [1.807, 2.05) is 0 Å². The molecule has 0 heterocycles. The van der Waals surface area contributed by atoms with E-state index in [1.165, 1.54) is 141 Å². The van der Waals surface area contributed by atoms with E-state index in [1.54, 1.807) is 0 Å². The number of hydrogen-bond acceptors (Lipinski definition) is 2. The molecule has 0 fully saturated rings. The minimum absolute atomic E-state index is 0.256. The van der Waals surface area contributed by atoms with Crippen LogP contribution in [0.15, 0.2) is 48.6 Å². The summed E-state index contributed by atoms with van der Waals surface area (Å²) in [5.74, 6) is 0.256. The van der Waals surface area contributed by atoms with Crippen LogP contribution in [-0.2, 0) is 4.79 Å². The van der Waals surface area contributed by atoms with Crippen LogP contribution < -0.4 is 5.32 Å². The maximum Gasteiger partial charge on any atom is 0.220 e. The SMILES string of the molecule is CCCCC/C=C/C/C=C/CCCCCCCCC(CCCCCCCC/C=C/C/C=C/CCCCC)NC(=O)CCCN(C)C. The molecule has 0 unspecified atom stereocenters. The normalized spacial score (nSPS) is 12.4. The number of carbonyl (C=O) groups is 1. The highest BCUT2D eigenvalue weighted by atomic mass is 16.1. The van der Waals surface area contributed by atoms with Gasteiger partial charge in [-0.15, -0.1) is 0 Å². The summed E-state index contributed by atoms with van der Waals surface area (Å²) < 4.78 is 0. The molecule has 0 aliphatic carbocycles. The van der Waals surface area contributed by atoms with Gasteiger partial charge < -0.3 is 10.2 Å². The van der Waals surface area contributed by atoms with Crippen molar-refractivity contribution in [2.24, 2.45) is 0 Å². The average molecular weight is 641 g/mol. The van der Waals surface area contributed by atoms with Gasteiger partial charge in [-0.2, -0.15) is 0 Å². The molecule has 0 saturated carbocycles. The predicted molar refractivity (Wildman–Crippen MR) is 208 cm³/mol. The summed E-state index contributed by atoms with van der Waals surface area (Å²) in [5.41, 5.74) is 0. The number of allylic oxidation sites excluding steroid dienone is 8. The van der Waals surface area contributed by atoms with E-state index in [2.05, 4.69) is 86.8 Å². The first-order chi connectivity index (χ1) is 22.6. The van der Waals surface area contributed by atoms with Crippen molar-refractivity contribution < 1.29 is 4.79 Å². The fourth-order valence-corrected chi connectivity index (χ4v) is 5.90. The van der Waals surface area contributed by atoms with Gasteiger partial charge in [-0.25, -0.2) is 0 Å². The monoisotopic (exact) mass is 641 g/mol. The zero-order valence-corrected chi connectivity index (χ0v) is 31.6. The molecule has 1 amide bonds. The lowest BCUT2D eigenvalue weighted by Crippen LogP contribution is -2.35. The van der Waals surface area contributed by atoms with Crippen molar-refractivity contribution in [1.29, 1.82) is 0 Å². The lowest BCUT2D eigenvalue weighted by atomic mass is 9.99. The van der Waals surface area contributed by atoms with E-state index < -0.39 is 0 Å². The van der Waals surface area contributed by atoms with Gasteiger partial charge in [0, 0.05) is 12.5 Å². The third kappa shape index (κ3) is 36.9. The maximum atomic E-state index is 12.6. The maximum absolute atomic E-state index is 12.6. The van der Waals surface area contributed by atoms with Gasteiger partial charge >= 0.3 is 0 Å². The standard InChI is InChI=1S/C43H80N2O/c1-5-7-9-11-13-15-17-19-21-23-25-27-29-31-33-35-38-42(44-43(46)40-37-41-45(3)4)39-36-34-32-30-28-26-24-22-20-18-16-14-12-10-8-6-2/h13-16,19-22,42H,5-12,17-18,23-41H2,1-4H3,(H,44,46)/b15-13+,16-14+,21-19+,22-20+. The zero-order chi connectivity index (χ0) is 33.6. The fraction of sp³-hybridized carbons (Fsp3) is 0.791.